The lowest BCUT2D eigenvalue weighted by Crippen LogP contribution is -2.28. The molecule has 2 heterocycles. The SMILES string of the molecule is O=c1c2ccccc2[nH]c(=S)n1CC1CCCCS1. The van der Waals surface area contributed by atoms with Gasteiger partial charge in [-0.05, 0) is 42.9 Å². The number of para-hydroxylation sites is 1. The predicted octanol–water partition coefficient (Wildman–Crippen LogP) is 3.34. The molecule has 1 saturated heterocycles. The summed E-state index contributed by atoms with van der Waals surface area (Å²) in [6.07, 6.45) is 3.73. The molecule has 5 heteroatoms. The van der Waals surface area contributed by atoms with Crippen LogP contribution in [0.3, 0.4) is 0 Å². The Labute approximate surface area is 121 Å². The predicted molar refractivity (Wildman–Crippen MR) is 83.5 cm³/mol. The van der Waals surface area contributed by atoms with Crippen molar-refractivity contribution >= 4 is 34.9 Å². The number of nitrogens with zero attached hydrogens (tertiary/aromatic N) is 1. The lowest BCUT2D eigenvalue weighted by molar-refractivity contribution is 0.564. The second-order valence-corrected chi connectivity index (χ2v) is 6.68. The van der Waals surface area contributed by atoms with E-state index in [4.69, 9.17) is 12.2 Å². The van der Waals surface area contributed by atoms with Crippen LogP contribution in [0.1, 0.15) is 19.3 Å². The van der Waals surface area contributed by atoms with E-state index in [0.717, 1.165) is 17.4 Å². The van der Waals surface area contributed by atoms with Gasteiger partial charge >= 0.3 is 0 Å². The Hall–Kier alpha value is -1.07. The Kier molecular flexibility index (Phi) is 3.75. The van der Waals surface area contributed by atoms with Crippen LogP contribution in [0.15, 0.2) is 29.1 Å². The molecule has 100 valence electrons. The molecule has 0 amide bonds. The topological polar surface area (TPSA) is 37.8 Å². The van der Waals surface area contributed by atoms with Crippen LogP contribution in [-0.4, -0.2) is 20.6 Å². The van der Waals surface area contributed by atoms with Gasteiger partial charge in [-0.3, -0.25) is 9.36 Å². The number of thioether (sulfide) groups is 1. The molecule has 1 atom stereocenters. The third kappa shape index (κ3) is 2.62. The summed E-state index contributed by atoms with van der Waals surface area (Å²) in [4.78, 5) is 15.6. The molecule has 3 nitrogen and oxygen atoms in total. The Morgan fingerprint density at radius 3 is 3.00 bits per heavy atom. The first-order valence-corrected chi connectivity index (χ1v) is 8.05. The van der Waals surface area contributed by atoms with Gasteiger partial charge in [0.15, 0.2) is 4.77 Å². The highest BCUT2D eigenvalue weighted by Gasteiger charge is 2.16. The third-order valence-corrected chi connectivity index (χ3v) is 5.25. The van der Waals surface area contributed by atoms with Crippen molar-refractivity contribution < 1.29 is 0 Å². The average Bonchev–Trinajstić information content (AvgIpc) is 2.45. The fourth-order valence-electron chi connectivity index (χ4n) is 2.52. The second-order valence-electron chi connectivity index (χ2n) is 4.88. The molecule has 2 aromatic rings. The molecule has 0 spiro atoms. The minimum Gasteiger partial charge on any atom is -0.332 e. The van der Waals surface area contributed by atoms with Gasteiger partial charge < -0.3 is 4.98 Å². The van der Waals surface area contributed by atoms with Gasteiger partial charge in [-0.25, -0.2) is 0 Å². The van der Waals surface area contributed by atoms with Crippen molar-refractivity contribution in [1.29, 1.82) is 0 Å². The van der Waals surface area contributed by atoms with E-state index in [1.54, 1.807) is 4.57 Å². The van der Waals surface area contributed by atoms with E-state index in [-0.39, 0.29) is 5.56 Å². The van der Waals surface area contributed by atoms with Gasteiger partial charge in [-0.15, -0.1) is 0 Å². The fraction of sp³-hybridized carbons (Fsp3) is 0.429. The summed E-state index contributed by atoms with van der Waals surface area (Å²) in [5, 5.41) is 1.24. The van der Waals surface area contributed by atoms with Crippen LogP contribution < -0.4 is 5.56 Å². The first-order chi connectivity index (χ1) is 9.25. The van der Waals surface area contributed by atoms with Gasteiger partial charge in [0.05, 0.1) is 10.9 Å². The number of hydrogen-bond donors (Lipinski definition) is 1. The van der Waals surface area contributed by atoms with Gasteiger partial charge in [0, 0.05) is 11.8 Å². The lowest BCUT2D eigenvalue weighted by atomic mass is 10.2. The summed E-state index contributed by atoms with van der Waals surface area (Å²) < 4.78 is 2.26. The summed E-state index contributed by atoms with van der Waals surface area (Å²) in [5.74, 6) is 1.20. The number of rotatable bonds is 2. The number of hydrogen-bond acceptors (Lipinski definition) is 3. The Morgan fingerprint density at radius 2 is 2.21 bits per heavy atom. The van der Waals surface area contributed by atoms with E-state index in [1.807, 2.05) is 36.0 Å². The number of fused-ring (bicyclic) bond motifs is 1. The molecule has 1 N–H and O–H groups in total. The van der Waals surface area contributed by atoms with Crippen LogP contribution in [0.25, 0.3) is 10.9 Å². The van der Waals surface area contributed by atoms with E-state index in [9.17, 15) is 4.79 Å². The van der Waals surface area contributed by atoms with Crippen molar-refractivity contribution in [3.8, 4) is 0 Å². The Morgan fingerprint density at radius 1 is 1.37 bits per heavy atom. The van der Waals surface area contributed by atoms with Crippen LogP contribution in [0.4, 0.5) is 0 Å². The van der Waals surface area contributed by atoms with Crippen molar-refractivity contribution in [2.75, 3.05) is 5.75 Å². The summed E-state index contributed by atoms with van der Waals surface area (Å²) in [6.45, 7) is 0.726. The fourth-order valence-corrected chi connectivity index (χ4v) is 4.08. The third-order valence-electron chi connectivity index (χ3n) is 3.55. The summed E-state index contributed by atoms with van der Waals surface area (Å²) in [5.41, 5.74) is 0.857. The minimum atomic E-state index is 0.0329. The van der Waals surface area contributed by atoms with E-state index >= 15 is 0 Å². The molecular formula is C14H16N2OS2. The largest absolute Gasteiger partial charge is 0.332 e. The standard InChI is InChI=1S/C14H16N2OS2/c17-13-11-6-1-2-7-12(11)15-14(18)16(13)9-10-5-3-4-8-19-10/h1-2,6-7,10H,3-5,8-9H2,(H,15,18). The molecule has 0 radical (unpaired) electrons. The first kappa shape index (κ1) is 12.9. The highest BCUT2D eigenvalue weighted by atomic mass is 32.2. The maximum absolute atomic E-state index is 12.5. The van der Waals surface area contributed by atoms with Crippen LogP contribution in [-0.2, 0) is 6.54 Å². The molecule has 0 aliphatic carbocycles. The van der Waals surface area contributed by atoms with E-state index in [2.05, 4.69) is 4.98 Å². The molecule has 19 heavy (non-hydrogen) atoms. The highest BCUT2D eigenvalue weighted by molar-refractivity contribution is 7.99. The van der Waals surface area contributed by atoms with Crippen molar-refractivity contribution in [1.82, 2.24) is 9.55 Å². The number of benzene rings is 1. The van der Waals surface area contributed by atoms with Crippen molar-refractivity contribution in [3.63, 3.8) is 0 Å². The van der Waals surface area contributed by atoms with E-state index in [0.29, 0.717) is 10.0 Å². The molecular weight excluding hydrogens is 276 g/mol. The maximum Gasteiger partial charge on any atom is 0.262 e. The normalized spacial score (nSPS) is 19.7. The molecule has 1 aromatic heterocycles. The maximum atomic E-state index is 12.5. The quantitative estimate of drug-likeness (QED) is 0.863. The van der Waals surface area contributed by atoms with Crippen molar-refractivity contribution in [2.45, 2.75) is 31.1 Å². The van der Waals surface area contributed by atoms with Crippen molar-refractivity contribution in [3.05, 3.63) is 39.4 Å². The summed E-state index contributed by atoms with van der Waals surface area (Å²) in [6, 6.07) is 7.55. The number of H-pyrrole nitrogens is 1. The van der Waals surface area contributed by atoms with E-state index in [1.165, 1.54) is 25.0 Å². The molecule has 1 fully saturated rings. The number of nitrogens with one attached hydrogen (secondary N) is 1. The molecule has 1 aliphatic heterocycles. The zero-order valence-electron chi connectivity index (χ0n) is 10.6. The zero-order chi connectivity index (χ0) is 13.2. The smallest absolute Gasteiger partial charge is 0.262 e. The molecule has 0 bridgehead atoms. The number of aromatic nitrogens is 2. The van der Waals surface area contributed by atoms with Gasteiger partial charge in [-0.1, -0.05) is 18.6 Å². The molecule has 3 rings (SSSR count). The lowest BCUT2D eigenvalue weighted by Gasteiger charge is -2.22. The van der Waals surface area contributed by atoms with E-state index < -0.39 is 0 Å². The zero-order valence-corrected chi connectivity index (χ0v) is 12.2. The van der Waals surface area contributed by atoms with Crippen LogP contribution in [0.5, 0.6) is 0 Å². The van der Waals surface area contributed by atoms with Gasteiger partial charge in [-0.2, -0.15) is 11.8 Å². The van der Waals surface area contributed by atoms with Crippen LogP contribution >= 0.6 is 24.0 Å². The van der Waals surface area contributed by atoms with Crippen LogP contribution in [0.2, 0.25) is 0 Å². The minimum absolute atomic E-state index is 0.0329. The first-order valence-electron chi connectivity index (χ1n) is 6.59. The highest BCUT2D eigenvalue weighted by Crippen LogP contribution is 2.26. The molecule has 1 unspecified atom stereocenters. The van der Waals surface area contributed by atoms with Crippen LogP contribution in [0, 0.1) is 4.77 Å². The summed E-state index contributed by atoms with van der Waals surface area (Å²) in [7, 11) is 0. The molecule has 1 aromatic carbocycles. The average molecular weight is 292 g/mol. The van der Waals surface area contributed by atoms with Gasteiger partial charge in [0.25, 0.3) is 5.56 Å². The second kappa shape index (κ2) is 5.51. The molecule has 0 saturated carbocycles. The van der Waals surface area contributed by atoms with Crippen molar-refractivity contribution in [2.24, 2.45) is 0 Å². The molecule has 1 aliphatic rings. The number of aromatic amines is 1. The Balaban J connectivity index is 2.03. The van der Waals surface area contributed by atoms with Gasteiger partial charge in [0.2, 0.25) is 0 Å². The summed E-state index contributed by atoms with van der Waals surface area (Å²) >= 11 is 7.29. The Bertz CT molecular complexity index is 698. The monoisotopic (exact) mass is 292 g/mol. The van der Waals surface area contributed by atoms with Gasteiger partial charge in [0.1, 0.15) is 0 Å².